The van der Waals surface area contributed by atoms with Crippen molar-refractivity contribution in [2.45, 2.75) is 0 Å². The normalized spacial score (nSPS) is 12.3. The van der Waals surface area contributed by atoms with E-state index in [1.165, 1.54) is 0 Å². The van der Waals surface area contributed by atoms with Crippen molar-refractivity contribution in [3.8, 4) is 23.0 Å². The van der Waals surface area contributed by atoms with Gasteiger partial charge in [-0.05, 0) is 119 Å². The Morgan fingerprint density at radius 1 is 0.263 bits per heavy atom. The van der Waals surface area contributed by atoms with Crippen LogP contribution in [0.2, 0.25) is 0 Å². The number of methoxy groups -OCH3 is 4. The van der Waals surface area contributed by atoms with Crippen molar-refractivity contribution in [3.63, 3.8) is 0 Å². The molecule has 1 aliphatic rings. The number of nitrogens with one attached hydrogen (secondary N) is 4. The molecule has 8 nitrogen and oxygen atoms in total. The maximum absolute atomic E-state index is 5.54. The van der Waals surface area contributed by atoms with Gasteiger partial charge < -0.3 is 38.9 Å². The summed E-state index contributed by atoms with van der Waals surface area (Å²) in [5.41, 5.74) is 12.1. The maximum Gasteiger partial charge on any atom is 2.00 e. The van der Waals surface area contributed by atoms with Gasteiger partial charge in [0.05, 0.1) is 28.4 Å². The van der Waals surface area contributed by atoms with Gasteiger partial charge in [0.1, 0.15) is 23.0 Å². The Morgan fingerprint density at radius 3 is 0.667 bits per heavy atom. The van der Waals surface area contributed by atoms with E-state index in [0.717, 1.165) is 112 Å². The van der Waals surface area contributed by atoms with E-state index >= 15 is 0 Å². The smallest absolute Gasteiger partial charge is 0.497 e. The molecule has 8 aromatic rings. The zero-order valence-corrected chi connectivity index (χ0v) is 32.9. The first kappa shape index (κ1) is 37.1. The molecule has 4 aromatic heterocycles. The molecule has 0 spiro atoms. The fraction of sp³-hybridized carbons (Fsp3) is 0.0833. The van der Waals surface area contributed by atoms with Gasteiger partial charge in [-0.1, -0.05) is 48.5 Å². The Morgan fingerprint density at radius 2 is 0.474 bits per heavy atom. The van der Waals surface area contributed by atoms with E-state index in [1.54, 1.807) is 28.4 Å². The summed E-state index contributed by atoms with van der Waals surface area (Å²) in [6.07, 6.45) is 0. The topological polar surface area (TPSA) is 100 Å². The molecule has 0 aliphatic carbocycles. The number of hydrogen-bond acceptors (Lipinski definition) is 4. The van der Waals surface area contributed by atoms with Gasteiger partial charge in [-0.2, -0.15) is 0 Å². The average Bonchev–Trinajstić information content (AvgIpc) is 4.10. The van der Waals surface area contributed by atoms with Crippen molar-refractivity contribution in [2.24, 2.45) is 0 Å². The van der Waals surface area contributed by atoms with Gasteiger partial charge in [0, 0.05) is 66.5 Å². The van der Waals surface area contributed by atoms with Crippen LogP contribution in [-0.4, -0.2) is 48.4 Å². The molecule has 283 valence electrons. The van der Waals surface area contributed by atoms with E-state index in [4.69, 9.17) is 18.9 Å². The summed E-state index contributed by atoms with van der Waals surface area (Å²) in [5.74, 6) is 3.18. The van der Waals surface area contributed by atoms with Gasteiger partial charge in [-0.3, -0.25) is 0 Å². The summed E-state index contributed by atoms with van der Waals surface area (Å²) in [7, 11) is 6.75. The van der Waals surface area contributed by atoms with Crippen molar-refractivity contribution < 1.29 is 35.7 Å². The third-order valence-corrected chi connectivity index (χ3v) is 10.4. The van der Waals surface area contributed by atoms with Crippen LogP contribution in [0.4, 0.5) is 0 Å². The Hall–Kier alpha value is -6.81. The number of aromatic nitrogens is 4. The van der Waals surface area contributed by atoms with Crippen LogP contribution >= 0.6 is 0 Å². The van der Waals surface area contributed by atoms with Crippen LogP contribution in [0, 0.1) is 0 Å². The largest absolute Gasteiger partial charge is 2.00 e. The van der Waals surface area contributed by atoms with E-state index < -0.39 is 0 Å². The van der Waals surface area contributed by atoms with Gasteiger partial charge in [0.25, 0.3) is 0 Å². The third-order valence-electron chi connectivity index (χ3n) is 10.4. The van der Waals surface area contributed by atoms with Crippen LogP contribution in [0.15, 0.2) is 146 Å². The molecule has 4 aromatic carbocycles. The fourth-order valence-corrected chi connectivity index (χ4v) is 7.60. The first-order valence-corrected chi connectivity index (χ1v) is 18.4. The number of benzene rings is 4. The van der Waals surface area contributed by atoms with E-state index in [-0.39, 0.29) is 16.8 Å². The number of aromatic amines is 4. The summed E-state index contributed by atoms with van der Waals surface area (Å²) in [6.45, 7) is 0. The van der Waals surface area contributed by atoms with Crippen molar-refractivity contribution >= 4 is 22.3 Å². The predicted octanol–water partition coefficient (Wildman–Crippen LogP) is 6.33. The molecule has 8 bridgehead atoms. The first-order valence-electron chi connectivity index (χ1n) is 18.4. The van der Waals surface area contributed by atoms with Crippen LogP contribution in [0.3, 0.4) is 0 Å². The summed E-state index contributed by atoms with van der Waals surface area (Å²) in [6, 6.07) is 50.0. The van der Waals surface area contributed by atoms with Crippen LogP contribution in [-0.2, 0) is 16.8 Å². The minimum Gasteiger partial charge on any atom is -0.497 e. The maximum atomic E-state index is 5.54. The fourth-order valence-electron chi connectivity index (χ4n) is 7.60. The average molecular weight is 796 g/mol. The quantitative estimate of drug-likeness (QED) is 0.145. The molecule has 57 heavy (non-hydrogen) atoms. The molecule has 0 saturated heterocycles. The number of rotatable bonds is 8. The van der Waals surface area contributed by atoms with Gasteiger partial charge in [-0.15, -0.1) is 0 Å². The molecule has 0 saturated carbocycles. The molecule has 1 radical (unpaired) electrons. The van der Waals surface area contributed by atoms with Gasteiger partial charge in [0.2, 0.25) is 0 Å². The van der Waals surface area contributed by atoms with E-state index in [9.17, 15) is 0 Å². The number of fused-ring (bicyclic) bond motifs is 8. The van der Waals surface area contributed by atoms with Crippen molar-refractivity contribution in [1.82, 2.24) is 19.9 Å². The van der Waals surface area contributed by atoms with Gasteiger partial charge in [-0.25, -0.2) is 0 Å². The van der Waals surface area contributed by atoms with Gasteiger partial charge in [0.15, 0.2) is 0 Å². The molecular formula is C48H40CoN4O4+2. The molecule has 9 rings (SSSR count). The number of ether oxygens (including phenoxy) is 4. The van der Waals surface area contributed by atoms with Crippen molar-refractivity contribution in [2.75, 3.05) is 28.4 Å². The molecule has 1 aliphatic heterocycles. The summed E-state index contributed by atoms with van der Waals surface area (Å²) >= 11 is 0. The monoisotopic (exact) mass is 795 g/mol. The second-order valence-electron chi connectivity index (χ2n) is 13.6. The SMILES string of the molecule is COc1ccc(C2=c3ccc([nH]3)=C(c3ccc(OC)cc3)c3ccc([nH]3)C(c3ccc(OC)cc3)=c3ccc([nH]3)=C(c3ccc(OC)cc3)c3ccc2[nH]3)cc1.[Co+2]. The summed E-state index contributed by atoms with van der Waals surface area (Å²) in [5, 5.41) is 3.84. The van der Waals surface area contributed by atoms with Gasteiger partial charge >= 0.3 is 16.8 Å². The Kier molecular flexibility index (Phi) is 10.3. The Labute approximate surface area is 340 Å². The second kappa shape index (κ2) is 15.7. The van der Waals surface area contributed by atoms with Crippen LogP contribution in [0.25, 0.3) is 22.3 Å². The predicted molar refractivity (Wildman–Crippen MR) is 220 cm³/mol. The zero-order valence-electron chi connectivity index (χ0n) is 31.8. The molecule has 5 heterocycles. The second-order valence-corrected chi connectivity index (χ2v) is 13.6. The Bertz CT molecular complexity index is 2540. The van der Waals surface area contributed by atoms with E-state index in [2.05, 4.69) is 117 Å². The Balaban J connectivity index is 0.00000455. The van der Waals surface area contributed by atoms with Crippen molar-refractivity contribution in [1.29, 1.82) is 0 Å². The third kappa shape index (κ3) is 6.99. The molecule has 0 atom stereocenters. The van der Waals surface area contributed by atoms with Crippen LogP contribution in [0.1, 0.15) is 45.0 Å². The molecule has 4 N–H and O–H groups in total. The first-order chi connectivity index (χ1) is 27.5. The van der Waals surface area contributed by atoms with Crippen LogP contribution in [0.5, 0.6) is 23.0 Å². The molecule has 0 amide bonds. The zero-order chi connectivity index (χ0) is 38.2. The number of hydrogen-bond donors (Lipinski definition) is 4. The molecular weight excluding hydrogens is 755 g/mol. The molecule has 9 heteroatoms. The standard InChI is InChI=1S/C48H40N4O4.Co/c1-53-33-13-5-29(6-14-33)45-37-21-23-39(49-37)46(30-7-15-34(54-2)16-8-30)41-25-27-43(51-41)48(32-11-19-36(56-4)20-12-32)44-28-26-42(52-44)47(40-24-22-38(45)50-40)31-9-17-35(55-3)18-10-31;/h5-28,49-52H,1-4H3;/q;+2. The van der Waals surface area contributed by atoms with E-state index in [1.807, 2.05) is 48.5 Å². The summed E-state index contributed by atoms with van der Waals surface area (Å²) in [4.78, 5) is 15.3. The summed E-state index contributed by atoms with van der Waals surface area (Å²) < 4.78 is 22.2. The molecule has 0 unspecified atom stereocenters. The minimum absolute atomic E-state index is 0. The van der Waals surface area contributed by atoms with E-state index in [0.29, 0.717) is 0 Å². The minimum atomic E-state index is 0. The van der Waals surface area contributed by atoms with Crippen LogP contribution < -0.4 is 40.3 Å². The number of H-pyrrole nitrogens is 4. The molecule has 0 fully saturated rings. The van der Waals surface area contributed by atoms with Crippen molar-refractivity contribution in [3.05, 3.63) is 212 Å².